The molecule has 0 aliphatic heterocycles. The molecule has 2 rings (SSSR count). The van der Waals surface area contributed by atoms with Crippen LogP contribution in [-0.4, -0.2) is 6.08 Å². The van der Waals surface area contributed by atoms with Crippen LogP contribution in [0.15, 0.2) is 11.1 Å². The van der Waals surface area contributed by atoms with Gasteiger partial charge >= 0.3 is 0 Å². The van der Waals surface area contributed by atoms with Gasteiger partial charge in [0.05, 0.1) is 0 Å². The maximum absolute atomic E-state index is 14.4. The minimum atomic E-state index is -0.758. The van der Waals surface area contributed by atoms with Crippen LogP contribution in [0.25, 0.3) is 0 Å². The SMILES string of the molecule is Cc1cc(Cl)c(C)c(C2(N=C=O)CCCC2)c1F. The molecule has 1 aliphatic carbocycles. The quantitative estimate of drug-likeness (QED) is 0.583. The highest BCUT2D eigenvalue weighted by Crippen LogP contribution is 2.46. The fourth-order valence-electron chi connectivity index (χ4n) is 2.86. The van der Waals surface area contributed by atoms with Crippen molar-refractivity contribution in [2.45, 2.75) is 45.1 Å². The third-order valence-electron chi connectivity index (χ3n) is 3.80. The zero-order valence-corrected chi connectivity index (χ0v) is 11.3. The Bertz CT molecular complexity index is 503. The van der Waals surface area contributed by atoms with Crippen LogP contribution in [0, 0.1) is 19.7 Å². The molecule has 1 aromatic carbocycles. The lowest BCUT2D eigenvalue weighted by atomic mass is 9.84. The van der Waals surface area contributed by atoms with Crippen molar-refractivity contribution in [3.05, 3.63) is 33.6 Å². The van der Waals surface area contributed by atoms with Crippen molar-refractivity contribution in [3.63, 3.8) is 0 Å². The van der Waals surface area contributed by atoms with Crippen molar-refractivity contribution < 1.29 is 9.18 Å². The minimum absolute atomic E-state index is 0.294. The van der Waals surface area contributed by atoms with E-state index in [1.165, 1.54) is 0 Å². The van der Waals surface area contributed by atoms with Gasteiger partial charge in [-0.15, -0.1) is 0 Å². The van der Waals surface area contributed by atoms with E-state index in [1.54, 1.807) is 26.0 Å². The van der Waals surface area contributed by atoms with Gasteiger partial charge in [0.25, 0.3) is 0 Å². The van der Waals surface area contributed by atoms with E-state index in [1.807, 2.05) is 0 Å². The molecule has 1 aromatic rings. The number of benzene rings is 1. The van der Waals surface area contributed by atoms with E-state index in [2.05, 4.69) is 4.99 Å². The van der Waals surface area contributed by atoms with Gasteiger partial charge in [0.2, 0.25) is 6.08 Å². The van der Waals surface area contributed by atoms with Gasteiger partial charge in [0.1, 0.15) is 11.4 Å². The van der Waals surface area contributed by atoms with E-state index in [0.29, 0.717) is 34.6 Å². The number of hydrogen-bond acceptors (Lipinski definition) is 2. The summed E-state index contributed by atoms with van der Waals surface area (Å²) in [4.78, 5) is 14.6. The molecule has 0 saturated heterocycles. The molecular formula is C14H15ClFNO. The Morgan fingerprint density at radius 2 is 2.00 bits per heavy atom. The highest BCUT2D eigenvalue weighted by Gasteiger charge is 2.40. The van der Waals surface area contributed by atoms with Gasteiger partial charge in [-0.25, -0.2) is 9.18 Å². The van der Waals surface area contributed by atoms with Gasteiger partial charge < -0.3 is 0 Å². The summed E-state index contributed by atoms with van der Waals surface area (Å²) in [6, 6.07) is 1.61. The molecule has 0 unspecified atom stereocenters. The molecule has 0 heterocycles. The van der Waals surface area contributed by atoms with E-state index in [9.17, 15) is 9.18 Å². The van der Waals surface area contributed by atoms with Crippen molar-refractivity contribution in [1.29, 1.82) is 0 Å². The normalized spacial score (nSPS) is 17.6. The Hall–Kier alpha value is -1.18. The number of nitrogens with zero attached hydrogens (tertiary/aromatic N) is 1. The molecular weight excluding hydrogens is 253 g/mol. The first kappa shape index (κ1) is 13.3. The number of aliphatic imine (C=N–C) groups is 1. The second-order valence-corrected chi connectivity index (χ2v) is 5.34. The lowest BCUT2D eigenvalue weighted by Crippen LogP contribution is -2.23. The van der Waals surface area contributed by atoms with Crippen LogP contribution in [0.5, 0.6) is 0 Å². The van der Waals surface area contributed by atoms with E-state index in [4.69, 9.17) is 11.6 Å². The third-order valence-corrected chi connectivity index (χ3v) is 4.19. The fraction of sp³-hybridized carbons (Fsp3) is 0.500. The first-order chi connectivity index (χ1) is 8.52. The molecule has 0 aromatic heterocycles. The Labute approximate surface area is 111 Å². The van der Waals surface area contributed by atoms with Gasteiger partial charge in [-0.1, -0.05) is 24.4 Å². The maximum atomic E-state index is 14.4. The topological polar surface area (TPSA) is 29.4 Å². The Morgan fingerprint density at radius 3 is 2.56 bits per heavy atom. The molecule has 18 heavy (non-hydrogen) atoms. The molecule has 0 amide bonds. The Kier molecular flexibility index (Phi) is 3.56. The average molecular weight is 268 g/mol. The van der Waals surface area contributed by atoms with Gasteiger partial charge in [0.15, 0.2) is 0 Å². The second kappa shape index (κ2) is 4.83. The summed E-state index contributed by atoms with van der Waals surface area (Å²) in [5, 5.41) is 0.524. The molecule has 4 heteroatoms. The van der Waals surface area contributed by atoms with Crippen LogP contribution in [0.4, 0.5) is 4.39 Å². The molecule has 0 radical (unpaired) electrons. The van der Waals surface area contributed by atoms with Gasteiger partial charge in [-0.2, -0.15) is 4.99 Å². The van der Waals surface area contributed by atoms with Crippen LogP contribution in [-0.2, 0) is 10.3 Å². The predicted octanol–water partition coefficient (Wildman–Crippen LogP) is 4.20. The van der Waals surface area contributed by atoms with Gasteiger partial charge in [-0.3, -0.25) is 0 Å². The van der Waals surface area contributed by atoms with Crippen LogP contribution in [0.2, 0.25) is 5.02 Å². The lowest BCUT2D eigenvalue weighted by Gasteiger charge is -2.26. The number of hydrogen-bond donors (Lipinski definition) is 0. The molecule has 2 nitrogen and oxygen atoms in total. The maximum Gasteiger partial charge on any atom is 0.235 e. The van der Waals surface area contributed by atoms with E-state index in [0.717, 1.165) is 12.8 Å². The summed E-state index contributed by atoms with van der Waals surface area (Å²) in [6.45, 7) is 3.46. The molecule has 0 spiro atoms. The molecule has 1 fully saturated rings. The fourth-order valence-corrected chi connectivity index (χ4v) is 3.12. The molecule has 96 valence electrons. The van der Waals surface area contributed by atoms with Crippen LogP contribution >= 0.6 is 11.6 Å². The Balaban J connectivity index is 2.72. The molecule has 1 saturated carbocycles. The highest BCUT2D eigenvalue weighted by molar-refractivity contribution is 6.31. The second-order valence-electron chi connectivity index (χ2n) is 4.93. The standard InChI is InChI=1S/C14H15ClFNO/c1-9-7-11(15)10(2)12(13(9)16)14(17-8-18)5-3-4-6-14/h7H,3-6H2,1-2H3. The average Bonchev–Trinajstić information content (AvgIpc) is 2.77. The van der Waals surface area contributed by atoms with Crippen molar-refractivity contribution in [2.75, 3.05) is 0 Å². The summed E-state index contributed by atoms with van der Waals surface area (Å²) in [5.74, 6) is -0.294. The molecule has 0 N–H and O–H groups in total. The van der Waals surface area contributed by atoms with E-state index in [-0.39, 0.29) is 5.82 Å². The number of carbonyl (C=O) groups excluding carboxylic acids is 1. The minimum Gasteiger partial charge on any atom is -0.211 e. The summed E-state index contributed by atoms with van der Waals surface area (Å²) >= 11 is 6.12. The van der Waals surface area contributed by atoms with E-state index >= 15 is 0 Å². The van der Waals surface area contributed by atoms with Crippen molar-refractivity contribution in [3.8, 4) is 0 Å². The number of halogens is 2. The number of isocyanates is 1. The summed E-state index contributed by atoms with van der Waals surface area (Å²) in [7, 11) is 0. The summed E-state index contributed by atoms with van der Waals surface area (Å²) in [6.07, 6.45) is 4.85. The molecule has 0 bridgehead atoms. The smallest absolute Gasteiger partial charge is 0.211 e. The van der Waals surface area contributed by atoms with Crippen molar-refractivity contribution in [1.82, 2.24) is 0 Å². The summed E-state index contributed by atoms with van der Waals surface area (Å²) < 4.78 is 14.4. The third kappa shape index (κ3) is 1.98. The van der Waals surface area contributed by atoms with Gasteiger partial charge in [-0.05, 0) is 43.9 Å². The van der Waals surface area contributed by atoms with Crippen LogP contribution in [0.3, 0.4) is 0 Å². The van der Waals surface area contributed by atoms with Crippen molar-refractivity contribution >= 4 is 17.7 Å². The van der Waals surface area contributed by atoms with Crippen molar-refractivity contribution in [2.24, 2.45) is 4.99 Å². The zero-order valence-electron chi connectivity index (χ0n) is 10.5. The number of rotatable bonds is 2. The molecule has 1 aliphatic rings. The van der Waals surface area contributed by atoms with Crippen LogP contribution in [0.1, 0.15) is 42.4 Å². The zero-order chi connectivity index (χ0) is 13.3. The first-order valence-electron chi connectivity index (χ1n) is 6.06. The van der Waals surface area contributed by atoms with Gasteiger partial charge in [0, 0.05) is 10.6 Å². The molecule has 0 atom stereocenters. The first-order valence-corrected chi connectivity index (χ1v) is 6.44. The Morgan fingerprint density at radius 1 is 1.39 bits per heavy atom. The summed E-state index contributed by atoms with van der Waals surface area (Å²) in [5.41, 5.74) is 0.896. The lowest BCUT2D eigenvalue weighted by molar-refractivity contribution is 0.426. The highest BCUT2D eigenvalue weighted by atomic mass is 35.5. The van der Waals surface area contributed by atoms with Crippen LogP contribution < -0.4 is 0 Å². The van der Waals surface area contributed by atoms with E-state index < -0.39 is 5.54 Å². The largest absolute Gasteiger partial charge is 0.235 e. The predicted molar refractivity (Wildman–Crippen MR) is 69.2 cm³/mol. The monoisotopic (exact) mass is 267 g/mol. The number of aryl methyl sites for hydroxylation is 1.